The second kappa shape index (κ2) is 11.9. The summed E-state index contributed by atoms with van der Waals surface area (Å²) in [6, 6.07) is 9.79. The lowest BCUT2D eigenvalue weighted by atomic mass is 10.1. The van der Waals surface area contributed by atoms with E-state index in [2.05, 4.69) is 10.2 Å². The Bertz CT molecular complexity index is 1180. The molecule has 0 atom stereocenters. The van der Waals surface area contributed by atoms with Crippen molar-refractivity contribution in [3.8, 4) is 16.3 Å². The Hall–Kier alpha value is -3.37. The van der Waals surface area contributed by atoms with Gasteiger partial charge in [-0.1, -0.05) is 30.4 Å². The summed E-state index contributed by atoms with van der Waals surface area (Å²) in [4.78, 5) is 27.0. The predicted molar refractivity (Wildman–Crippen MR) is 134 cm³/mol. The van der Waals surface area contributed by atoms with E-state index in [1.807, 2.05) is 32.9 Å². The van der Waals surface area contributed by atoms with Gasteiger partial charge in [-0.2, -0.15) is 0 Å². The van der Waals surface area contributed by atoms with Gasteiger partial charge in [0.05, 0.1) is 12.1 Å². The van der Waals surface area contributed by atoms with Crippen LogP contribution < -0.4 is 9.64 Å². The van der Waals surface area contributed by atoms with Gasteiger partial charge in [0, 0.05) is 18.7 Å². The highest BCUT2D eigenvalue weighted by Crippen LogP contribution is 2.34. The molecule has 0 aliphatic heterocycles. The monoisotopic (exact) mass is 500 g/mol. The first-order valence-electron chi connectivity index (χ1n) is 11.3. The van der Waals surface area contributed by atoms with Crippen molar-refractivity contribution in [1.82, 2.24) is 15.1 Å². The van der Waals surface area contributed by atoms with E-state index in [4.69, 9.17) is 9.84 Å². The van der Waals surface area contributed by atoms with Gasteiger partial charge in [-0.05, 0) is 62.7 Å². The van der Waals surface area contributed by atoms with Crippen molar-refractivity contribution in [3.63, 3.8) is 0 Å². The lowest BCUT2D eigenvalue weighted by Crippen LogP contribution is -2.32. The molecule has 0 aliphatic carbocycles. The summed E-state index contributed by atoms with van der Waals surface area (Å²) >= 11 is 1.27. The van der Waals surface area contributed by atoms with Gasteiger partial charge in [0.25, 0.3) is 5.91 Å². The molecule has 0 radical (unpaired) electrons. The number of halogens is 1. The molecule has 1 heterocycles. The lowest BCUT2D eigenvalue weighted by Gasteiger charge is -2.18. The summed E-state index contributed by atoms with van der Waals surface area (Å²) in [7, 11) is 1.73. The second-order valence-electron chi connectivity index (χ2n) is 8.25. The summed E-state index contributed by atoms with van der Waals surface area (Å²) in [5.41, 5.74) is 2.66. The quantitative estimate of drug-likeness (QED) is 0.417. The smallest absolute Gasteiger partial charge is 0.317 e. The Balaban J connectivity index is 1.78. The number of carboxylic acid groups (broad SMARTS) is 1. The number of hydrogen-bond acceptors (Lipinski definition) is 7. The number of aryl methyl sites for hydroxylation is 2. The summed E-state index contributed by atoms with van der Waals surface area (Å²) < 4.78 is 20.1. The van der Waals surface area contributed by atoms with E-state index < -0.39 is 17.7 Å². The largest absolute Gasteiger partial charge is 0.492 e. The minimum Gasteiger partial charge on any atom is -0.492 e. The molecule has 186 valence electrons. The number of rotatable bonds is 11. The summed E-state index contributed by atoms with van der Waals surface area (Å²) in [5.74, 6) is -1.16. The molecule has 0 spiro atoms. The van der Waals surface area contributed by atoms with Crippen LogP contribution in [0.15, 0.2) is 36.4 Å². The van der Waals surface area contributed by atoms with Gasteiger partial charge in [-0.15, -0.1) is 10.2 Å². The van der Waals surface area contributed by atoms with Crippen molar-refractivity contribution < 1.29 is 23.8 Å². The normalized spacial score (nSPS) is 11.0. The van der Waals surface area contributed by atoms with Crippen molar-refractivity contribution in [2.24, 2.45) is 0 Å². The van der Waals surface area contributed by atoms with Crippen LogP contribution in [-0.2, 0) is 4.79 Å². The molecule has 2 aromatic carbocycles. The Labute approximate surface area is 208 Å². The summed E-state index contributed by atoms with van der Waals surface area (Å²) in [5, 5.41) is 18.4. The van der Waals surface area contributed by atoms with Gasteiger partial charge in [0.2, 0.25) is 5.13 Å². The highest BCUT2D eigenvalue weighted by Gasteiger charge is 2.24. The fourth-order valence-electron chi connectivity index (χ4n) is 3.64. The lowest BCUT2D eigenvalue weighted by molar-refractivity contribution is -0.138. The van der Waals surface area contributed by atoms with Crippen molar-refractivity contribution in [2.45, 2.75) is 27.2 Å². The van der Waals surface area contributed by atoms with Crippen LogP contribution in [0.3, 0.4) is 0 Å². The first-order chi connectivity index (χ1) is 16.7. The topological polar surface area (TPSA) is 95.9 Å². The van der Waals surface area contributed by atoms with Crippen LogP contribution in [0.1, 0.15) is 34.8 Å². The van der Waals surface area contributed by atoms with Crippen LogP contribution in [0.4, 0.5) is 9.52 Å². The highest BCUT2D eigenvalue weighted by molar-refractivity contribution is 7.18. The van der Waals surface area contributed by atoms with Gasteiger partial charge in [-0.25, -0.2) is 4.39 Å². The number of carbonyl (C=O) groups excluding carboxylic acids is 1. The third kappa shape index (κ3) is 6.61. The molecule has 0 saturated carbocycles. The van der Waals surface area contributed by atoms with E-state index in [1.165, 1.54) is 28.4 Å². The number of aliphatic carboxylic acids is 1. The molecule has 0 aliphatic rings. The maximum absolute atomic E-state index is 14.2. The SMILES string of the molecule is CCCN(C(=O)c1ccccc1F)c1nnc(-c2cc(C)c(OCCN(C)CC(=O)O)c(C)c2)s1. The Kier molecular flexibility index (Phi) is 8.89. The van der Waals surface area contributed by atoms with Gasteiger partial charge >= 0.3 is 5.97 Å². The van der Waals surface area contributed by atoms with E-state index in [0.717, 1.165) is 22.4 Å². The number of amides is 1. The number of anilines is 1. The number of nitrogens with zero attached hydrogens (tertiary/aromatic N) is 4. The molecule has 1 aromatic heterocycles. The molecule has 3 aromatic rings. The molecule has 1 N–H and O–H groups in total. The molecular weight excluding hydrogens is 471 g/mol. The van der Waals surface area contributed by atoms with Crippen molar-refractivity contribution in [1.29, 1.82) is 0 Å². The number of carbonyl (C=O) groups is 2. The zero-order valence-electron chi connectivity index (χ0n) is 20.2. The standard InChI is InChI=1S/C25H29FN4O4S/c1-5-10-30(24(33)19-8-6-7-9-20(19)26)25-28-27-23(35-25)18-13-16(2)22(17(3)14-18)34-12-11-29(4)15-21(31)32/h6-9,13-14H,5,10-12,15H2,1-4H3,(H,31,32). The molecule has 8 nitrogen and oxygen atoms in total. The number of aromatic nitrogens is 2. The van der Waals surface area contributed by atoms with E-state index in [0.29, 0.717) is 36.3 Å². The number of ether oxygens (including phenoxy) is 1. The zero-order valence-corrected chi connectivity index (χ0v) is 21.1. The van der Waals surface area contributed by atoms with Crippen LogP contribution in [0.5, 0.6) is 5.75 Å². The average molecular weight is 501 g/mol. The van der Waals surface area contributed by atoms with Crippen LogP contribution in [0.2, 0.25) is 0 Å². The Morgan fingerprint density at radius 1 is 1.11 bits per heavy atom. The van der Waals surface area contributed by atoms with Crippen LogP contribution in [0, 0.1) is 19.7 Å². The third-order valence-electron chi connectivity index (χ3n) is 5.27. The molecule has 1 amide bonds. The van der Waals surface area contributed by atoms with Crippen LogP contribution in [0.25, 0.3) is 10.6 Å². The van der Waals surface area contributed by atoms with Gasteiger partial charge < -0.3 is 9.84 Å². The van der Waals surface area contributed by atoms with E-state index in [1.54, 1.807) is 24.1 Å². The Morgan fingerprint density at radius 3 is 2.43 bits per heavy atom. The molecular formula is C25H29FN4O4S. The van der Waals surface area contributed by atoms with Crippen molar-refractivity contribution in [2.75, 3.05) is 38.2 Å². The van der Waals surface area contributed by atoms with Crippen molar-refractivity contribution in [3.05, 3.63) is 58.9 Å². The van der Waals surface area contributed by atoms with E-state index >= 15 is 0 Å². The second-order valence-corrected chi connectivity index (χ2v) is 9.20. The number of likely N-dealkylation sites (N-methyl/N-ethyl adjacent to an activating group) is 1. The molecule has 0 fully saturated rings. The first-order valence-corrected chi connectivity index (χ1v) is 12.1. The first kappa shape index (κ1) is 26.2. The van der Waals surface area contributed by atoms with E-state index in [9.17, 15) is 14.0 Å². The molecule has 10 heteroatoms. The minimum absolute atomic E-state index is 0.000102. The van der Waals surface area contributed by atoms with Gasteiger partial charge in [-0.3, -0.25) is 19.4 Å². The zero-order chi connectivity index (χ0) is 25.5. The molecule has 0 unspecified atom stereocenters. The average Bonchev–Trinajstić information content (AvgIpc) is 3.28. The predicted octanol–water partition coefficient (Wildman–Crippen LogP) is 4.41. The van der Waals surface area contributed by atoms with Crippen LogP contribution >= 0.6 is 11.3 Å². The number of carboxylic acids is 1. The summed E-state index contributed by atoms with van der Waals surface area (Å²) in [6.07, 6.45) is 0.682. The van der Waals surface area contributed by atoms with Gasteiger partial charge in [0.15, 0.2) is 0 Å². The number of benzene rings is 2. The van der Waals surface area contributed by atoms with Crippen LogP contribution in [-0.4, -0.2) is 65.4 Å². The maximum Gasteiger partial charge on any atom is 0.317 e. The third-order valence-corrected chi connectivity index (χ3v) is 6.27. The minimum atomic E-state index is -0.881. The molecule has 0 bridgehead atoms. The summed E-state index contributed by atoms with van der Waals surface area (Å²) in [6.45, 7) is 6.99. The molecule has 3 rings (SSSR count). The van der Waals surface area contributed by atoms with E-state index in [-0.39, 0.29) is 12.1 Å². The fraction of sp³-hybridized carbons (Fsp3) is 0.360. The molecule has 0 saturated heterocycles. The number of hydrogen-bond donors (Lipinski definition) is 1. The van der Waals surface area contributed by atoms with Gasteiger partial charge in [0.1, 0.15) is 23.2 Å². The Morgan fingerprint density at radius 2 is 1.80 bits per heavy atom. The highest BCUT2D eigenvalue weighted by atomic mass is 32.1. The van der Waals surface area contributed by atoms with Crippen molar-refractivity contribution >= 4 is 28.3 Å². The fourth-order valence-corrected chi connectivity index (χ4v) is 4.50. The maximum atomic E-state index is 14.2. The molecule has 35 heavy (non-hydrogen) atoms.